The number of furan rings is 1. The normalized spacial score (nSPS) is 14.9. The molecule has 34 heavy (non-hydrogen) atoms. The number of aromatic nitrogens is 1. The fourth-order valence-electron chi connectivity index (χ4n) is 3.50. The number of anilines is 2. The molecule has 0 aromatic carbocycles. The quantitative estimate of drug-likeness (QED) is 0.470. The van der Waals surface area contributed by atoms with E-state index in [9.17, 15) is 14.9 Å². The van der Waals surface area contributed by atoms with Gasteiger partial charge in [0.2, 0.25) is 5.91 Å². The Kier molecular flexibility index (Phi) is 7.30. The molecular weight excluding hydrogens is 474 g/mol. The van der Waals surface area contributed by atoms with Crippen LogP contribution in [0.25, 0.3) is 6.08 Å². The van der Waals surface area contributed by atoms with E-state index in [1.165, 1.54) is 35.0 Å². The zero-order chi connectivity index (χ0) is 24.1. The first kappa shape index (κ1) is 23.5. The van der Waals surface area contributed by atoms with Gasteiger partial charge in [-0.15, -0.1) is 22.7 Å². The lowest BCUT2D eigenvalue weighted by Crippen LogP contribution is -2.31. The number of carbonyl (C=O) groups excluding carboxylic acids is 2. The van der Waals surface area contributed by atoms with Gasteiger partial charge in [0, 0.05) is 42.5 Å². The molecule has 1 atom stereocenters. The molecule has 0 saturated heterocycles. The molecule has 11 heteroatoms. The van der Waals surface area contributed by atoms with Crippen LogP contribution in [0.3, 0.4) is 0 Å². The van der Waals surface area contributed by atoms with Gasteiger partial charge in [0.1, 0.15) is 22.9 Å². The molecule has 3 heterocycles. The third-order valence-corrected chi connectivity index (χ3v) is 7.45. The summed E-state index contributed by atoms with van der Waals surface area (Å²) < 4.78 is 10.8. The lowest BCUT2D eigenvalue weighted by Gasteiger charge is -2.22. The van der Waals surface area contributed by atoms with E-state index in [1.807, 2.05) is 19.0 Å². The Balaban J connectivity index is 1.33. The summed E-state index contributed by atoms with van der Waals surface area (Å²) in [4.78, 5) is 32.7. The van der Waals surface area contributed by atoms with E-state index in [4.69, 9.17) is 9.15 Å². The summed E-state index contributed by atoms with van der Waals surface area (Å²) >= 11 is 2.85. The third kappa shape index (κ3) is 5.65. The second-order valence-electron chi connectivity index (χ2n) is 7.78. The van der Waals surface area contributed by atoms with E-state index in [-0.39, 0.29) is 12.0 Å². The van der Waals surface area contributed by atoms with Gasteiger partial charge in [-0.05, 0) is 36.6 Å². The Bertz CT molecular complexity index is 1240. The van der Waals surface area contributed by atoms with Crippen molar-refractivity contribution < 1.29 is 18.7 Å². The molecule has 176 valence electrons. The number of thiophene rings is 1. The summed E-state index contributed by atoms with van der Waals surface area (Å²) in [6, 6.07) is 5.68. The van der Waals surface area contributed by atoms with Gasteiger partial charge in [0.25, 0.3) is 0 Å². The van der Waals surface area contributed by atoms with Crippen molar-refractivity contribution in [3.63, 3.8) is 0 Å². The summed E-state index contributed by atoms with van der Waals surface area (Å²) in [7, 11) is 3.83. The maximum Gasteiger partial charge on any atom is 0.407 e. The first-order valence-electron chi connectivity index (χ1n) is 10.6. The number of alkyl carbamates (subject to hydrolysis) is 1. The van der Waals surface area contributed by atoms with Crippen LogP contribution in [0.15, 0.2) is 35.1 Å². The second-order valence-corrected chi connectivity index (χ2v) is 9.98. The van der Waals surface area contributed by atoms with Gasteiger partial charge in [-0.25, -0.2) is 9.78 Å². The molecule has 4 rings (SSSR count). The zero-order valence-electron chi connectivity index (χ0n) is 18.7. The molecule has 2 amide bonds. The van der Waals surface area contributed by atoms with Crippen LogP contribution in [0.1, 0.15) is 33.1 Å². The maximum atomic E-state index is 12.3. The number of thiazole rings is 1. The lowest BCUT2D eigenvalue weighted by atomic mass is 9.94. The monoisotopic (exact) mass is 497 g/mol. The van der Waals surface area contributed by atoms with Gasteiger partial charge in [-0.2, -0.15) is 5.26 Å². The summed E-state index contributed by atoms with van der Waals surface area (Å²) in [6.45, 7) is 0.349. The molecule has 1 aliphatic carbocycles. The molecule has 3 aromatic rings. The van der Waals surface area contributed by atoms with Crippen LogP contribution in [-0.4, -0.2) is 37.2 Å². The topological polar surface area (TPSA) is 120 Å². The van der Waals surface area contributed by atoms with Crippen molar-refractivity contribution in [1.29, 1.82) is 5.26 Å². The molecular formula is C23H23N5O4S2. The molecule has 9 nitrogen and oxygen atoms in total. The van der Waals surface area contributed by atoms with Crippen molar-refractivity contribution in [3.8, 4) is 6.07 Å². The largest absolute Gasteiger partial charge is 0.465 e. The highest BCUT2D eigenvalue weighted by Crippen LogP contribution is 2.38. The van der Waals surface area contributed by atoms with E-state index >= 15 is 0 Å². The van der Waals surface area contributed by atoms with Crippen LogP contribution in [0.4, 0.5) is 14.9 Å². The lowest BCUT2D eigenvalue weighted by molar-refractivity contribution is -0.111. The number of hydrogen-bond donors (Lipinski definition) is 2. The SMILES string of the molecule is CN(C)c1ncc(CNC(=O)OC2CCc3c(sc(NC(=O)C=Cc4ccco4)c3C#N)C2)s1. The van der Waals surface area contributed by atoms with Crippen molar-refractivity contribution in [2.24, 2.45) is 0 Å². The Morgan fingerprint density at radius 1 is 1.41 bits per heavy atom. The number of rotatable bonds is 7. The van der Waals surface area contributed by atoms with E-state index in [1.54, 1.807) is 24.4 Å². The van der Waals surface area contributed by atoms with Gasteiger partial charge in [0.15, 0.2) is 5.13 Å². The Morgan fingerprint density at radius 2 is 2.26 bits per heavy atom. The first-order valence-corrected chi connectivity index (χ1v) is 12.2. The maximum absolute atomic E-state index is 12.3. The predicted octanol–water partition coefficient (Wildman–Crippen LogP) is 4.17. The number of hydrogen-bond acceptors (Lipinski definition) is 9. The first-order chi connectivity index (χ1) is 16.4. The fourth-order valence-corrected chi connectivity index (χ4v) is 5.54. The van der Waals surface area contributed by atoms with E-state index in [2.05, 4.69) is 21.7 Å². The summed E-state index contributed by atoms with van der Waals surface area (Å²) in [5.74, 6) is 0.215. The summed E-state index contributed by atoms with van der Waals surface area (Å²) in [5, 5.41) is 16.6. The van der Waals surface area contributed by atoms with Crippen LogP contribution in [0, 0.1) is 11.3 Å². The number of fused-ring (bicyclic) bond motifs is 1. The summed E-state index contributed by atoms with van der Waals surface area (Å²) in [6.07, 6.45) is 7.13. The number of amides is 2. The minimum Gasteiger partial charge on any atom is -0.465 e. The van der Waals surface area contributed by atoms with E-state index < -0.39 is 6.09 Å². The van der Waals surface area contributed by atoms with Gasteiger partial charge in [-0.1, -0.05) is 0 Å². The number of ether oxygens (including phenoxy) is 1. The molecule has 0 aliphatic heterocycles. The molecule has 0 bridgehead atoms. The Labute approximate surface area is 204 Å². The highest BCUT2D eigenvalue weighted by atomic mass is 32.1. The molecule has 0 radical (unpaired) electrons. The number of nitrogens with zero attached hydrogens (tertiary/aromatic N) is 3. The third-order valence-electron chi connectivity index (χ3n) is 5.12. The van der Waals surface area contributed by atoms with Crippen molar-refractivity contribution in [3.05, 3.63) is 57.3 Å². The van der Waals surface area contributed by atoms with Gasteiger partial charge < -0.3 is 24.7 Å². The zero-order valence-corrected chi connectivity index (χ0v) is 20.3. The van der Waals surface area contributed by atoms with E-state index in [0.29, 0.717) is 42.1 Å². The minimum atomic E-state index is -0.484. The van der Waals surface area contributed by atoms with Crippen LogP contribution < -0.4 is 15.5 Å². The fraction of sp³-hybridized carbons (Fsp3) is 0.304. The molecule has 1 unspecified atom stereocenters. The molecule has 2 N–H and O–H groups in total. The Hall–Kier alpha value is -3.62. The standard InChI is InChI=1S/C23H23N5O4S2/c1-28(2)22-25-12-16(33-22)13-26-23(30)32-15-5-7-17-18(11-24)21(34-19(17)10-15)27-20(29)8-6-14-4-3-9-31-14/h3-4,6,8-9,12,15H,5,7,10,13H2,1-2H3,(H,26,30)(H,27,29). The smallest absolute Gasteiger partial charge is 0.407 e. The van der Waals surface area contributed by atoms with Gasteiger partial charge in [-0.3, -0.25) is 4.79 Å². The summed E-state index contributed by atoms with van der Waals surface area (Å²) in [5.41, 5.74) is 1.39. The highest BCUT2D eigenvalue weighted by Gasteiger charge is 2.28. The molecule has 3 aromatic heterocycles. The van der Waals surface area contributed by atoms with Crippen molar-refractivity contribution >= 4 is 50.9 Å². The highest BCUT2D eigenvalue weighted by molar-refractivity contribution is 7.16. The van der Waals surface area contributed by atoms with Crippen LogP contribution >= 0.6 is 22.7 Å². The van der Waals surface area contributed by atoms with Gasteiger partial charge in [0.05, 0.1) is 18.4 Å². The van der Waals surface area contributed by atoms with Crippen molar-refractivity contribution in [2.45, 2.75) is 31.9 Å². The number of carbonyl (C=O) groups is 2. The van der Waals surface area contributed by atoms with Crippen LogP contribution in [-0.2, 0) is 28.9 Å². The number of nitriles is 1. The van der Waals surface area contributed by atoms with Crippen molar-refractivity contribution in [1.82, 2.24) is 10.3 Å². The second kappa shape index (κ2) is 10.5. The van der Waals surface area contributed by atoms with Crippen LogP contribution in [0.5, 0.6) is 0 Å². The van der Waals surface area contributed by atoms with Crippen LogP contribution in [0.2, 0.25) is 0 Å². The minimum absolute atomic E-state index is 0.293. The predicted molar refractivity (Wildman–Crippen MR) is 131 cm³/mol. The number of nitrogens with one attached hydrogen (secondary N) is 2. The average Bonchev–Trinajstić information content (AvgIpc) is 3.55. The van der Waals surface area contributed by atoms with Crippen molar-refractivity contribution in [2.75, 3.05) is 24.3 Å². The molecule has 0 saturated carbocycles. The molecule has 0 fully saturated rings. The van der Waals surface area contributed by atoms with Gasteiger partial charge >= 0.3 is 6.09 Å². The molecule has 0 spiro atoms. The van der Waals surface area contributed by atoms with E-state index in [0.717, 1.165) is 20.4 Å². The average molecular weight is 498 g/mol. The Morgan fingerprint density at radius 3 is 2.97 bits per heavy atom. The molecule has 1 aliphatic rings.